The number of nitrogens with zero attached hydrogens (tertiary/aromatic N) is 3. The Balaban J connectivity index is 2.10. The Morgan fingerprint density at radius 1 is 1.55 bits per heavy atom. The number of aryl methyl sites for hydroxylation is 2. The van der Waals surface area contributed by atoms with Crippen LogP contribution in [0, 0.1) is 6.92 Å². The zero-order valence-electron chi connectivity index (χ0n) is 11.9. The first kappa shape index (κ1) is 14.5. The largest absolute Gasteiger partial charge is 0.395 e. The Morgan fingerprint density at radius 3 is 2.90 bits per heavy atom. The lowest BCUT2D eigenvalue weighted by molar-refractivity contribution is 0.0779. The number of carbonyl (C=O) groups is 1. The van der Waals surface area contributed by atoms with E-state index in [-0.39, 0.29) is 5.91 Å². The molecule has 2 aromatic heterocycles. The quantitative estimate of drug-likeness (QED) is 0.882. The predicted molar refractivity (Wildman–Crippen MR) is 79.6 cm³/mol. The van der Waals surface area contributed by atoms with Crippen LogP contribution in [0.1, 0.15) is 40.2 Å². The molecule has 1 amide bonds. The number of rotatable bonds is 5. The second-order valence-electron chi connectivity index (χ2n) is 4.73. The number of amides is 1. The average molecular weight is 293 g/mol. The zero-order chi connectivity index (χ0) is 14.7. The highest BCUT2D eigenvalue weighted by Crippen LogP contribution is 2.18. The van der Waals surface area contributed by atoms with Gasteiger partial charge in [-0.15, -0.1) is 11.3 Å². The summed E-state index contributed by atoms with van der Waals surface area (Å²) in [4.78, 5) is 18.3. The minimum absolute atomic E-state index is 0.188. The first-order chi connectivity index (χ1) is 9.52. The molecule has 6 nitrogen and oxygen atoms in total. The third-order valence-corrected chi connectivity index (χ3v) is 3.82. The molecule has 0 bridgehead atoms. The van der Waals surface area contributed by atoms with E-state index in [1.807, 2.05) is 12.3 Å². The van der Waals surface area contributed by atoms with Gasteiger partial charge in [-0.3, -0.25) is 9.89 Å². The highest BCUT2D eigenvalue weighted by Gasteiger charge is 2.20. The van der Waals surface area contributed by atoms with Gasteiger partial charge in [0, 0.05) is 12.4 Å². The number of carbonyl (C=O) groups excluding carboxylic acids is 1. The van der Waals surface area contributed by atoms with Crippen LogP contribution in [0.5, 0.6) is 0 Å². The molecule has 0 saturated heterocycles. The first-order valence-corrected chi connectivity index (χ1v) is 7.40. The molecule has 0 aromatic carbocycles. The number of nitrogens with two attached hydrogens (primary N) is 1. The smallest absolute Gasteiger partial charge is 0.276 e. The molecule has 3 N–H and O–H groups in total. The van der Waals surface area contributed by atoms with Gasteiger partial charge in [0.1, 0.15) is 0 Å². The van der Waals surface area contributed by atoms with E-state index in [2.05, 4.69) is 22.1 Å². The van der Waals surface area contributed by atoms with Gasteiger partial charge in [-0.1, -0.05) is 13.3 Å². The van der Waals surface area contributed by atoms with E-state index >= 15 is 0 Å². The van der Waals surface area contributed by atoms with Crippen molar-refractivity contribution in [3.8, 4) is 0 Å². The molecule has 0 unspecified atom stereocenters. The van der Waals surface area contributed by atoms with Crippen molar-refractivity contribution in [1.29, 1.82) is 0 Å². The normalized spacial score (nSPS) is 10.8. The minimum Gasteiger partial charge on any atom is -0.395 e. The summed E-state index contributed by atoms with van der Waals surface area (Å²) in [7, 11) is 1.73. The lowest BCUT2D eigenvalue weighted by atomic mass is 10.2. The second-order valence-corrected chi connectivity index (χ2v) is 5.80. The number of aromatic nitrogens is 3. The number of nitrogen functional groups attached to an aromatic ring is 1. The number of aromatic amines is 1. The molecule has 108 valence electrons. The number of thiazole rings is 1. The van der Waals surface area contributed by atoms with Crippen LogP contribution in [0.15, 0.2) is 5.38 Å². The predicted octanol–water partition coefficient (Wildman–Crippen LogP) is 1.98. The Labute approximate surface area is 122 Å². The summed E-state index contributed by atoms with van der Waals surface area (Å²) in [5.41, 5.74) is 8.43. The van der Waals surface area contributed by atoms with Gasteiger partial charge in [-0.05, 0) is 13.3 Å². The molecule has 0 radical (unpaired) electrons. The van der Waals surface area contributed by atoms with Gasteiger partial charge in [0.2, 0.25) is 0 Å². The summed E-state index contributed by atoms with van der Waals surface area (Å²) in [5.74, 6) is -0.188. The fourth-order valence-electron chi connectivity index (χ4n) is 1.97. The monoisotopic (exact) mass is 293 g/mol. The maximum absolute atomic E-state index is 12.3. The van der Waals surface area contributed by atoms with Crippen LogP contribution in [-0.2, 0) is 13.0 Å². The van der Waals surface area contributed by atoms with Gasteiger partial charge in [0.15, 0.2) is 5.69 Å². The highest BCUT2D eigenvalue weighted by molar-refractivity contribution is 7.09. The van der Waals surface area contributed by atoms with E-state index in [0.29, 0.717) is 17.9 Å². The zero-order valence-corrected chi connectivity index (χ0v) is 12.8. The Kier molecular flexibility index (Phi) is 4.39. The van der Waals surface area contributed by atoms with Crippen LogP contribution < -0.4 is 5.73 Å². The molecule has 0 atom stereocenters. The van der Waals surface area contributed by atoms with Gasteiger partial charge < -0.3 is 10.6 Å². The van der Waals surface area contributed by atoms with E-state index in [1.54, 1.807) is 23.3 Å². The lowest BCUT2D eigenvalue weighted by Crippen LogP contribution is -2.27. The van der Waals surface area contributed by atoms with Crippen molar-refractivity contribution in [3.05, 3.63) is 27.5 Å². The third kappa shape index (κ3) is 2.98. The molecular formula is C13H19N5OS. The van der Waals surface area contributed by atoms with Crippen LogP contribution in [0.3, 0.4) is 0 Å². The second kappa shape index (κ2) is 6.04. The number of H-pyrrole nitrogens is 1. The van der Waals surface area contributed by atoms with Crippen molar-refractivity contribution in [1.82, 2.24) is 20.1 Å². The van der Waals surface area contributed by atoms with Crippen molar-refractivity contribution >= 4 is 22.9 Å². The molecule has 0 aliphatic carbocycles. The molecule has 2 heterocycles. The lowest BCUT2D eigenvalue weighted by Gasteiger charge is -2.14. The van der Waals surface area contributed by atoms with Crippen molar-refractivity contribution in [2.75, 3.05) is 12.8 Å². The van der Waals surface area contributed by atoms with E-state index in [4.69, 9.17) is 5.73 Å². The Morgan fingerprint density at radius 2 is 2.30 bits per heavy atom. The molecular weight excluding hydrogens is 274 g/mol. The van der Waals surface area contributed by atoms with E-state index < -0.39 is 0 Å². The van der Waals surface area contributed by atoms with Crippen LogP contribution in [0.4, 0.5) is 5.69 Å². The SMILES string of the molecule is CCCc1[nH]nc(C(=O)N(C)Cc2csc(C)n2)c1N. The average Bonchev–Trinajstić information content (AvgIpc) is 2.97. The number of hydrogen-bond acceptors (Lipinski definition) is 5. The topological polar surface area (TPSA) is 87.9 Å². The maximum atomic E-state index is 12.3. The molecule has 2 rings (SSSR count). The molecule has 20 heavy (non-hydrogen) atoms. The first-order valence-electron chi connectivity index (χ1n) is 6.52. The van der Waals surface area contributed by atoms with Gasteiger partial charge in [0.25, 0.3) is 5.91 Å². The third-order valence-electron chi connectivity index (χ3n) is 3.00. The molecule has 0 saturated carbocycles. The van der Waals surface area contributed by atoms with Gasteiger partial charge in [-0.2, -0.15) is 5.10 Å². The molecule has 0 spiro atoms. The Hall–Kier alpha value is -1.89. The summed E-state index contributed by atoms with van der Waals surface area (Å²) in [5, 5.41) is 9.83. The van der Waals surface area contributed by atoms with E-state index in [1.165, 1.54) is 0 Å². The van der Waals surface area contributed by atoms with Crippen LogP contribution in [0.2, 0.25) is 0 Å². The number of anilines is 1. The number of nitrogens with one attached hydrogen (secondary N) is 1. The van der Waals surface area contributed by atoms with Crippen molar-refractivity contribution in [3.63, 3.8) is 0 Å². The molecule has 0 fully saturated rings. The van der Waals surface area contributed by atoms with Crippen molar-refractivity contribution < 1.29 is 4.79 Å². The number of hydrogen-bond donors (Lipinski definition) is 2. The summed E-state index contributed by atoms with van der Waals surface area (Å²) in [6.07, 6.45) is 1.75. The molecule has 0 aliphatic heterocycles. The molecule has 0 aliphatic rings. The van der Waals surface area contributed by atoms with Gasteiger partial charge >= 0.3 is 0 Å². The standard InChI is InChI=1S/C13H19N5OS/c1-4-5-10-11(14)12(17-16-10)13(19)18(3)6-9-7-20-8(2)15-9/h7H,4-6,14H2,1-3H3,(H,16,17). The minimum atomic E-state index is -0.188. The fraction of sp³-hybridized carbons (Fsp3) is 0.462. The summed E-state index contributed by atoms with van der Waals surface area (Å²) in [6, 6.07) is 0. The van der Waals surface area contributed by atoms with Crippen LogP contribution in [-0.4, -0.2) is 33.0 Å². The van der Waals surface area contributed by atoms with Crippen molar-refractivity contribution in [2.45, 2.75) is 33.2 Å². The summed E-state index contributed by atoms with van der Waals surface area (Å²) >= 11 is 1.57. The molecule has 7 heteroatoms. The van der Waals surface area contributed by atoms with E-state index in [0.717, 1.165) is 29.2 Å². The molecule has 2 aromatic rings. The fourth-order valence-corrected chi connectivity index (χ4v) is 2.57. The summed E-state index contributed by atoms with van der Waals surface area (Å²) < 4.78 is 0. The van der Waals surface area contributed by atoms with Crippen LogP contribution in [0.25, 0.3) is 0 Å². The maximum Gasteiger partial charge on any atom is 0.276 e. The highest BCUT2D eigenvalue weighted by atomic mass is 32.1. The van der Waals surface area contributed by atoms with Gasteiger partial charge in [-0.25, -0.2) is 4.98 Å². The van der Waals surface area contributed by atoms with E-state index in [9.17, 15) is 4.79 Å². The van der Waals surface area contributed by atoms with Crippen molar-refractivity contribution in [2.24, 2.45) is 0 Å². The summed E-state index contributed by atoms with van der Waals surface area (Å²) in [6.45, 7) is 4.45. The Bertz CT molecular complexity index is 604. The van der Waals surface area contributed by atoms with Gasteiger partial charge in [0.05, 0.1) is 28.6 Å². The van der Waals surface area contributed by atoms with Crippen LogP contribution >= 0.6 is 11.3 Å².